The van der Waals surface area contributed by atoms with Gasteiger partial charge in [-0.3, -0.25) is 0 Å². The van der Waals surface area contributed by atoms with Crippen LogP contribution in [0.15, 0.2) is 60.0 Å². The zero-order valence-electron chi connectivity index (χ0n) is 14.0. The molecule has 0 atom stereocenters. The first-order valence-corrected chi connectivity index (χ1v) is 9.73. The lowest BCUT2D eigenvalue weighted by Gasteiger charge is -2.06. The van der Waals surface area contributed by atoms with Crippen molar-refractivity contribution in [2.45, 2.75) is 19.3 Å². The van der Waals surface area contributed by atoms with Gasteiger partial charge in [0.25, 0.3) is 0 Å². The maximum atomic E-state index is 9.36. The van der Waals surface area contributed by atoms with Crippen LogP contribution in [0.1, 0.15) is 17.7 Å². The van der Waals surface area contributed by atoms with Gasteiger partial charge in [0.15, 0.2) is 5.82 Å². The average molecular weight is 381 g/mol. The summed E-state index contributed by atoms with van der Waals surface area (Å²) >= 11 is 7.95. The quantitative estimate of drug-likeness (QED) is 0.439. The van der Waals surface area contributed by atoms with Gasteiger partial charge in [-0.25, -0.2) is 9.97 Å². The van der Waals surface area contributed by atoms with E-state index in [0.717, 1.165) is 35.9 Å². The van der Waals surface area contributed by atoms with E-state index >= 15 is 0 Å². The average Bonchev–Trinajstić information content (AvgIpc) is 3.07. The summed E-state index contributed by atoms with van der Waals surface area (Å²) < 4.78 is 1.22. The van der Waals surface area contributed by atoms with Crippen LogP contribution in [0.2, 0.25) is 5.15 Å². The summed E-state index contributed by atoms with van der Waals surface area (Å²) in [5, 5.41) is 13.1. The third kappa shape index (κ3) is 3.71. The molecule has 4 rings (SSSR count). The van der Waals surface area contributed by atoms with Crippen LogP contribution in [0.3, 0.4) is 0 Å². The Labute approximate surface area is 160 Å². The molecule has 0 fully saturated rings. The van der Waals surface area contributed by atoms with Gasteiger partial charge in [-0.05, 0) is 49.1 Å². The molecule has 0 bridgehead atoms. The van der Waals surface area contributed by atoms with Gasteiger partial charge in [0.05, 0.1) is 0 Å². The van der Waals surface area contributed by atoms with Crippen LogP contribution in [-0.2, 0) is 12.8 Å². The number of aromatic nitrogens is 2. The molecule has 2 aromatic carbocycles. The van der Waals surface area contributed by atoms with E-state index in [9.17, 15) is 5.11 Å². The SMILES string of the molecule is Oc1ccc(CCCc2cc(Cl)nc(-c3csc4ccccc34)n2)cc1. The van der Waals surface area contributed by atoms with Gasteiger partial charge in [0.2, 0.25) is 0 Å². The van der Waals surface area contributed by atoms with E-state index in [1.807, 2.05) is 30.3 Å². The number of aromatic hydroxyl groups is 1. The Balaban J connectivity index is 1.53. The minimum atomic E-state index is 0.295. The molecule has 0 aliphatic rings. The van der Waals surface area contributed by atoms with Crippen LogP contribution in [0.25, 0.3) is 21.5 Å². The molecule has 5 heteroatoms. The van der Waals surface area contributed by atoms with Crippen LogP contribution < -0.4 is 0 Å². The Hall–Kier alpha value is -2.43. The summed E-state index contributed by atoms with van der Waals surface area (Å²) in [6, 6.07) is 17.4. The number of hydrogen-bond donors (Lipinski definition) is 1. The van der Waals surface area contributed by atoms with Crippen molar-refractivity contribution in [1.82, 2.24) is 9.97 Å². The third-order valence-electron chi connectivity index (χ3n) is 4.30. The van der Waals surface area contributed by atoms with Crippen molar-refractivity contribution >= 4 is 33.0 Å². The number of benzene rings is 2. The van der Waals surface area contributed by atoms with Crippen molar-refractivity contribution in [3.63, 3.8) is 0 Å². The molecular formula is C21H17ClN2OS. The number of thiophene rings is 1. The highest BCUT2D eigenvalue weighted by Crippen LogP contribution is 2.32. The predicted molar refractivity (Wildman–Crippen MR) is 108 cm³/mol. The molecule has 1 N–H and O–H groups in total. The number of rotatable bonds is 5. The first kappa shape index (κ1) is 17.0. The number of phenolic OH excluding ortho intramolecular Hbond substituents is 1. The van der Waals surface area contributed by atoms with Crippen LogP contribution in [0.4, 0.5) is 0 Å². The number of nitrogens with zero attached hydrogens (tertiary/aromatic N) is 2. The van der Waals surface area contributed by atoms with Crippen LogP contribution >= 0.6 is 22.9 Å². The van der Waals surface area contributed by atoms with Crippen molar-refractivity contribution in [2.24, 2.45) is 0 Å². The second kappa shape index (κ2) is 7.44. The summed E-state index contributed by atoms with van der Waals surface area (Å²) in [5.41, 5.74) is 3.19. The maximum Gasteiger partial charge on any atom is 0.162 e. The van der Waals surface area contributed by atoms with Crippen molar-refractivity contribution in [1.29, 1.82) is 0 Å². The molecule has 2 aromatic heterocycles. The Morgan fingerprint density at radius 2 is 1.77 bits per heavy atom. The highest BCUT2D eigenvalue weighted by molar-refractivity contribution is 7.17. The maximum absolute atomic E-state index is 9.36. The fourth-order valence-electron chi connectivity index (χ4n) is 3.00. The van der Waals surface area contributed by atoms with Crippen LogP contribution in [0, 0.1) is 0 Å². The molecule has 0 amide bonds. The summed E-state index contributed by atoms with van der Waals surface area (Å²) in [6.45, 7) is 0. The number of fused-ring (bicyclic) bond motifs is 1. The number of halogens is 1. The highest BCUT2D eigenvalue weighted by Gasteiger charge is 2.11. The highest BCUT2D eigenvalue weighted by atomic mass is 35.5. The normalized spacial score (nSPS) is 11.1. The minimum absolute atomic E-state index is 0.295. The Morgan fingerprint density at radius 3 is 2.62 bits per heavy atom. The molecule has 0 aliphatic heterocycles. The fourth-order valence-corrected chi connectivity index (χ4v) is 4.15. The molecule has 0 unspecified atom stereocenters. The van der Waals surface area contributed by atoms with Crippen LogP contribution in [0.5, 0.6) is 5.75 Å². The van der Waals surface area contributed by atoms with Gasteiger partial charge in [-0.1, -0.05) is 41.9 Å². The summed E-state index contributed by atoms with van der Waals surface area (Å²) in [7, 11) is 0. The van der Waals surface area contributed by atoms with Gasteiger partial charge < -0.3 is 5.11 Å². The van der Waals surface area contributed by atoms with Crippen LogP contribution in [-0.4, -0.2) is 15.1 Å². The standard InChI is InChI=1S/C21H17ClN2OS/c22-20-12-15(5-3-4-14-8-10-16(25)11-9-14)23-21(24-20)18-13-26-19-7-2-1-6-17(18)19/h1-2,6-13,25H,3-5H2. The number of hydrogen-bond acceptors (Lipinski definition) is 4. The molecule has 0 saturated heterocycles. The van der Waals surface area contributed by atoms with E-state index < -0.39 is 0 Å². The van der Waals surface area contributed by atoms with Gasteiger partial charge in [-0.15, -0.1) is 11.3 Å². The Bertz CT molecular complexity index is 1040. The molecule has 4 aromatic rings. The van der Waals surface area contributed by atoms with Gasteiger partial charge in [0, 0.05) is 26.7 Å². The summed E-state index contributed by atoms with van der Waals surface area (Å²) in [6.07, 6.45) is 2.72. The molecule has 0 spiro atoms. The third-order valence-corrected chi connectivity index (χ3v) is 5.46. The summed E-state index contributed by atoms with van der Waals surface area (Å²) in [4.78, 5) is 9.18. The number of aryl methyl sites for hydroxylation is 2. The van der Waals surface area contributed by atoms with E-state index in [1.54, 1.807) is 23.5 Å². The molecule has 0 saturated carbocycles. The minimum Gasteiger partial charge on any atom is -0.508 e. The van der Waals surface area contributed by atoms with Gasteiger partial charge >= 0.3 is 0 Å². The molecule has 2 heterocycles. The van der Waals surface area contributed by atoms with E-state index in [-0.39, 0.29) is 0 Å². The number of phenols is 1. The van der Waals surface area contributed by atoms with E-state index in [1.165, 1.54) is 10.3 Å². The van der Waals surface area contributed by atoms with Crippen molar-refractivity contribution < 1.29 is 5.11 Å². The zero-order chi connectivity index (χ0) is 17.9. The summed E-state index contributed by atoms with van der Waals surface area (Å²) in [5.74, 6) is 0.985. The predicted octanol–water partition coefficient (Wildman–Crippen LogP) is 5.89. The Kier molecular flexibility index (Phi) is 4.87. The zero-order valence-corrected chi connectivity index (χ0v) is 15.6. The first-order chi connectivity index (χ1) is 12.7. The lowest BCUT2D eigenvalue weighted by Crippen LogP contribution is -1.97. The fraction of sp³-hybridized carbons (Fsp3) is 0.143. The molecule has 130 valence electrons. The largest absolute Gasteiger partial charge is 0.508 e. The van der Waals surface area contributed by atoms with Crippen molar-refractivity contribution in [3.8, 4) is 17.1 Å². The van der Waals surface area contributed by atoms with Gasteiger partial charge in [-0.2, -0.15) is 0 Å². The van der Waals surface area contributed by atoms with Crippen molar-refractivity contribution in [3.05, 3.63) is 76.4 Å². The molecule has 3 nitrogen and oxygen atoms in total. The van der Waals surface area contributed by atoms with Crippen molar-refractivity contribution in [2.75, 3.05) is 0 Å². The molecule has 0 radical (unpaired) electrons. The van der Waals surface area contributed by atoms with E-state index in [2.05, 4.69) is 22.5 Å². The second-order valence-corrected chi connectivity index (χ2v) is 7.47. The lowest BCUT2D eigenvalue weighted by molar-refractivity contribution is 0.475. The molecular weight excluding hydrogens is 364 g/mol. The Morgan fingerprint density at radius 1 is 0.962 bits per heavy atom. The monoisotopic (exact) mass is 380 g/mol. The molecule has 26 heavy (non-hydrogen) atoms. The second-order valence-electron chi connectivity index (χ2n) is 6.17. The first-order valence-electron chi connectivity index (χ1n) is 8.47. The smallest absolute Gasteiger partial charge is 0.162 e. The molecule has 0 aliphatic carbocycles. The van der Waals surface area contributed by atoms with E-state index in [0.29, 0.717) is 16.7 Å². The van der Waals surface area contributed by atoms with Gasteiger partial charge in [0.1, 0.15) is 10.9 Å². The lowest BCUT2D eigenvalue weighted by atomic mass is 10.1. The topological polar surface area (TPSA) is 46.0 Å². The van der Waals surface area contributed by atoms with E-state index in [4.69, 9.17) is 16.6 Å².